The molecular formula is C18H21N3OS. The van der Waals surface area contributed by atoms with E-state index in [1.165, 1.54) is 23.0 Å². The number of aromatic nitrogens is 2. The summed E-state index contributed by atoms with van der Waals surface area (Å²) in [5, 5.41) is 0.860. The molecule has 1 aliphatic rings. The van der Waals surface area contributed by atoms with E-state index in [2.05, 4.69) is 41.9 Å². The van der Waals surface area contributed by atoms with Gasteiger partial charge in [-0.15, -0.1) is 0 Å². The number of hydrogen-bond acceptors (Lipinski definition) is 4. The number of ketones is 1. The molecule has 1 aromatic carbocycles. The highest BCUT2D eigenvalue weighted by molar-refractivity contribution is 7.99. The normalized spacial score (nSPS) is 17.6. The molecule has 0 bridgehead atoms. The number of imidazole rings is 1. The molecule has 0 N–H and O–H groups in total. The number of carbonyl (C=O) groups excluding carboxylic acids is 1. The Hall–Kier alpha value is -2.01. The van der Waals surface area contributed by atoms with Gasteiger partial charge in [0.15, 0.2) is 10.9 Å². The first-order chi connectivity index (χ1) is 10.9. The van der Waals surface area contributed by atoms with Gasteiger partial charge in [-0.25, -0.2) is 4.98 Å². The van der Waals surface area contributed by atoms with Crippen molar-refractivity contribution in [2.45, 2.75) is 24.4 Å². The monoisotopic (exact) mass is 327 g/mol. The van der Waals surface area contributed by atoms with Crippen LogP contribution in [0.2, 0.25) is 0 Å². The molecule has 23 heavy (non-hydrogen) atoms. The fourth-order valence-corrected chi connectivity index (χ4v) is 3.83. The maximum Gasteiger partial charge on any atom is 0.168 e. The van der Waals surface area contributed by atoms with Crippen LogP contribution in [0.15, 0.2) is 53.6 Å². The minimum atomic E-state index is -0.158. The van der Waals surface area contributed by atoms with Crippen LogP contribution in [0.3, 0.4) is 0 Å². The number of likely N-dealkylation sites (N-methyl/N-ethyl adjacent to an activating group) is 1. The van der Waals surface area contributed by atoms with Gasteiger partial charge in [-0.05, 0) is 11.6 Å². The molecule has 120 valence electrons. The third-order valence-electron chi connectivity index (χ3n) is 4.36. The van der Waals surface area contributed by atoms with E-state index in [1.807, 2.05) is 30.9 Å². The lowest BCUT2D eigenvalue weighted by Gasteiger charge is -2.23. The van der Waals surface area contributed by atoms with E-state index in [0.29, 0.717) is 5.75 Å². The number of hydrogen-bond donors (Lipinski definition) is 0. The van der Waals surface area contributed by atoms with Crippen molar-refractivity contribution in [2.24, 2.45) is 7.05 Å². The molecule has 4 nitrogen and oxygen atoms in total. The molecular weight excluding hydrogens is 306 g/mol. The maximum absolute atomic E-state index is 12.4. The van der Waals surface area contributed by atoms with Crippen LogP contribution in [0, 0.1) is 0 Å². The van der Waals surface area contributed by atoms with E-state index < -0.39 is 0 Å². The number of allylic oxidation sites excluding steroid dienone is 2. The summed E-state index contributed by atoms with van der Waals surface area (Å²) in [5.41, 5.74) is 3.32. The standard InChI is InChI=1S/C18H21N3OS/c1-18(2)14-7-5-6-8-15(14)21(4)16(18)11-13(22)12-23-17-19-9-10-20(17)3/h5-11H,12H2,1-4H3/b16-11-. The van der Waals surface area contributed by atoms with Gasteiger partial charge in [0.1, 0.15) is 0 Å². The zero-order valence-electron chi connectivity index (χ0n) is 13.9. The van der Waals surface area contributed by atoms with E-state index in [0.717, 1.165) is 10.9 Å². The third-order valence-corrected chi connectivity index (χ3v) is 5.44. The van der Waals surface area contributed by atoms with Crippen molar-refractivity contribution in [3.05, 3.63) is 54.0 Å². The van der Waals surface area contributed by atoms with Crippen LogP contribution in [0.5, 0.6) is 0 Å². The minimum Gasteiger partial charge on any atom is -0.347 e. The summed E-state index contributed by atoms with van der Waals surface area (Å²) >= 11 is 1.47. The van der Waals surface area contributed by atoms with Crippen molar-refractivity contribution < 1.29 is 4.79 Å². The average molecular weight is 327 g/mol. The highest BCUT2D eigenvalue weighted by atomic mass is 32.2. The summed E-state index contributed by atoms with van der Waals surface area (Å²) in [5.74, 6) is 0.509. The van der Waals surface area contributed by atoms with E-state index in [-0.39, 0.29) is 11.2 Å². The fourth-order valence-electron chi connectivity index (χ4n) is 3.08. The van der Waals surface area contributed by atoms with Crippen molar-refractivity contribution in [3.8, 4) is 0 Å². The van der Waals surface area contributed by atoms with Gasteiger partial charge in [0.2, 0.25) is 0 Å². The lowest BCUT2D eigenvalue weighted by atomic mass is 9.83. The van der Waals surface area contributed by atoms with Crippen LogP contribution in [0.25, 0.3) is 0 Å². The third kappa shape index (κ3) is 2.81. The van der Waals surface area contributed by atoms with Crippen molar-refractivity contribution in [1.82, 2.24) is 9.55 Å². The van der Waals surface area contributed by atoms with Gasteiger partial charge < -0.3 is 9.47 Å². The Kier molecular flexibility index (Phi) is 4.06. The summed E-state index contributed by atoms with van der Waals surface area (Å²) in [6, 6.07) is 8.33. The molecule has 2 heterocycles. The molecule has 0 fully saturated rings. The van der Waals surface area contributed by atoms with Crippen molar-refractivity contribution in [3.63, 3.8) is 0 Å². The smallest absolute Gasteiger partial charge is 0.168 e. The Morgan fingerprint density at radius 2 is 2.04 bits per heavy atom. The molecule has 1 aliphatic heterocycles. The first kappa shape index (κ1) is 15.9. The zero-order chi connectivity index (χ0) is 16.6. The molecule has 5 heteroatoms. The Morgan fingerprint density at radius 3 is 2.70 bits per heavy atom. The second-order valence-electron chi connectivity index (χ2n) is 6.31. The molecule has 0 amide bonds. The van der Waals surface area contributed by atoms with Gasteiger partial charge in [0.25, 0.3) is 0 Å². The molecule has 1 aromatic heterocycles. The predicted octanol–water partition coefficient (Wildman–Crippen LogP) is 3.39. The molecule has 0 aliphatic carbocycles. The lowest BCUT2D eigenvalue weighted by molar-refractivity contribution is -0.112. The lowest BCUT2D eigenvalue weighted by Crippen LogP contribution is -2.24. The zero-order valence-corrected chi connectivity index (χ0v) is 14.7. The first-order valence-electron chi connectivity index (χ1n) is 7.59. The number of carbonyl (C=O) groups is 1. The first-order valence-corrected chi connectivity index (χ1v) is 8.58. The van der Waals surface area contributed by atoms with Crippen molar-refractivity contribution in [2.75, 3.05) is 17.7 Å². The van der Waals surface area contributed by atoms with E-state index in [9.17, 15) is 4.79 Å². The Morgan fingerprint density at radius 1 is 1.30 bits per heavy atom. The van der Waals surface area contributed by atoms with Crippen LogP contribution in [0.4, 0.5) is 5.69 Å². The van der Waals surface area contributed by atoms with Crippen molar-refractivity contribution >= 4 is 23.2 Å². The number of aryl methyl sites for hydroxylation is 1. The quantitative estimate of drug-likeness (QED) is 0.637. The van der Waals surface area contributed by atoms with Crippen LogP contribution < -0.4 is 4.90 Å². The Balaban J connectivity index is 1.80. The molecule has 0 unspecified atom stereocenters. The average Bonchev–Trinajstić information content (AvgIpc) is 3.01. The molecule has 0 saturated carbocycles. The number of para-hydroxylation sites is 1. The summed E-state index contributed by atoms with van der Waals surface area (Å²) in [7, 11) is 3.96. The second-order valence-corrected chi connectivity index (χ2v) is 7.25. The van der Waals surface area contributed by atoms with Crippen LogP contribution in [-0.2, 0) is 17.3 Å². The number of thioether (sulfide) groups is 1. The highest BCUT2D eigenvalue weighted by Crippen LogP contribution is 2.46. The largest absolute Gasteiger partial charge is 0.347 e. The number of rotatable bonds is 4. The summed E-state index contributed by atoms with van der Waals surface area (Å²) in [6.07, 6.45) is 5.42. The second kappa shape index (κ2) is 5.89. The number of fused-ring (bicyclic) bond motifs is 1. The van der Waals surface area contributed by atoms with E-state index in [1.54, 1.807) is 12.3 Å². The molecule has 3 rings (SSSR count). The van der Waals surface area contributed by atoms with Gasteiger partial charge in [-0.2, -0.15) is 0 Å². The van der Waals surface area contributed by atoms with Crippen LogP contribution in [0.1, 0.15) is 19.4 Å². The van der Waals surface area contributed by atoms with Crippen LogP contribution in [-0.4, -0.2) is 28.1 Å². The summed E-state index contributed by atoms with van der Waals surface area (Å²) in [4.78, 5) is 18.8. The van der Waals surface area contributed by atoms with Gasteiger partial charge in [0, 0.05) is 49.4 Å². The molecule has 0 radical (unpaired) electrons. The van der Waals surface area contributed by atoms with Crippen LogP contribution >= 0.6 is 11.8 Å². The van der Waals surface area contributed by atoms with Crippen molar-refractivity contribution in [1.29, 1.82) is 0 Å². The number of benzene rings is 1. The predicted molar refractivity (Wildman–Crippen MR) is 94.9 cm³/mol. The Bertz CT molecular complexity index is 776. The van der Waals surface area contributed by atoms with E-state index >= 15 is 0 Å². The van der Waals surface area contributed by atoms with Gasteiger partial charge in [0.05, 0.1) is 5.75 Å². The topological polar surface area (TPSA) is 38.1 Å². The fraction of sp³-hybridized carbons (Fsp3) is 0.333. The highest BCUT2D eigenvalue weighted by Gasteiger charge is 2.38. The molecule has 2 aromatic rings. The summed E-state index contributed by atoms with van der Waals surface area (Å²) < 4.78 is 1.92. The maximum atomic E-state index is 12.4. The molecule has 0 atom stereocenters. The van der Waals surface area contributed by atoms with Gasteiger partial charge in [-0.3, -0.25) is 4.79 Å². The number of nitrogens with zero attached hydrogens (tertiary/aromatic N) is 3. The van der Waals surface area contributed by atoms with Gasteiger partial charge in [-0.1, -0.05) is 43.8 Å². The molecule has 0 spiro atoms. The Labute approximate surface area is 141 Å². The minimum absolute atomic E-state index is 0.112. The molecule has 0 saturated heterocycles. The van der Waals surface area contributed by atoms with Gasteiger partial charge >= 0.3 is 0 Å². The SMILES string of the molecule is CN1/C(=C\C(=O)CSc2nccn2C)C(C)(C)c2ccccc21. The van der Waals surface area contributed by atoms with E-state index in [4.69, 9.17) is 0 Å². The number of anilines is 1. The summed E-state index contributed by atoms with van der Waals surface area (Å²) in [6.45, 7) is 4.33.